The molecule has 8 rings (SSSR count). The van der Waals surface area contributed by atoms with Gasteiger partial charge in [0, 0.05) is 83.9 Å². The van der Waals surface area contributed by atoms with E-state index in [2.05, 4.69) is 58.5 Å². The number of aromatic nitrogens is 3. The highest BCUT2D eigenvalue weighted by atomic mass is 19.1. The fourth-order valence-corrected chi connectivity index (χ4v) is 7.70. The summed E-state index contributed by atoms with van der Waals surface area (Å²) in [7, 11) is 0. The van der Waals surface area contributed by atoms with Crippen molar-refractivity contribution in [1.29, 1.82) is 0 Å². The van der Waals surface area contributed by atoms with Crippen molar-refractivity contribution in [3.63, 3.8) is 0 Å². The van der Waals surface area contributed by atoms with E-state index in [9.17, 15) is 8.78 Å². The van der Waals surface area contributed by atoms with Gasteiger partial charge in [-0.3, -0.25) is 0 Å². The van der Waals surface area contributed by atoms with Crippen molar-refractivity contribution in [2.24, 2.45) is 0 Å². The molecule has 10 nitrogen and oxygen atoms in total. The van der Waals surface area contributed by atoms with E-state index in [1.807, 2.05) is 38.2 Å². The zero-order valence-electron chi connectivity index (χ0n) is 31.8. The van der Waals surface area contributed by atoms with E-state index < -0.39 is 0 Å². The summed E-state index contributed by atoms with van der Waals surface area (Å²) in [5.41, 5.74) is 3.14. The molecule has 54 heavy (non-hydrogen) atoms. The highest BCUT2D eigenvalue weighted by Gasteiger charge is 2.25. The van der Waals surface area contributed by atoms with Crippen LogP contribution in [0.2, 0.25) is 0 Å². The first kappa shape index (κ1) is 39.2. The molecule has 0 amide bonds. The van der Waals surface area contributed by atoms with Crippen molar-refractivity contribution in [2.75, 3.05) is 91.0 Å². The minimum atomic E-state index is -0.214. The Hall–Kier alpha value is -4.55. The van der Waals surface area contributed by atoms with Gasteiger partial charge in [0.2, 0.25) is 0 Å². The van der Waals surface area contributed by atoms with Crippen molar-refractivity contribution < 1.29 is 21.1 Å². The topological polar surface area (TPSA) is 90.9 Å². The Labute approximate surface area is 322 Å². The maximum absolute atomic E-state index is 13.5. The predicted molar refractivity (Wildman–Crippen MR) is 218 cm³/mol. The molecule has 0 bridgehead atoms. The van der Waals surface area contributed by atoms with Gasteiger partial charge in [-0.25, -0.2) is 23.7 Å². The molecule has 1 saturated carbocycles. The molecule has 4 fully saturated rings. The molecule has 3 saturated heterocycles. The summed E-state index contributed by atoms with van der Waals surface area (Å²) >= 11 is 0. The number of morpholine rings is 2. The molecule has 4 aliphatic rings. The van der Waals surface area contributed by atoms with Crippen LogP contribution in [0.5, 0.6) is 0 Å². The first-order chi connectivity index (χ1) is 26.6. The van der Waals surface area contributed by atoms with E-state index in [1.165, 1.54) is 17.8 Å². The Bertz CT molecular complexity index is 1730. The molecule has 12 heteroatoms. The van der Waals surface area contributed by atoms with Crippen LogP contribution in [0.3, 0.4) is 0 Å². The number of halogens is 2. The Balaban J connectivity index is 0.000000230. The Morgan fingerprint density at radius 2 is 1.35 bits per heavy atom. The number of hydrogen-bond acceptors (Lipinski definition) is 10. The normalized spacial score (nSPS) is 21.6. The van der Waals surface area contributed by atoms with Gasteiger partial charge in [-0.15, -0.1) is 0 Å². The summed E-state index contributed by atoms with van der Waals surface area (Å²) in [6.45, 7) is 12.4. The van der Waals surface area contributed by atoms with Crippen LogP contribution in [-0.2, 0) is 9.47 Å². The average Bonchev–Trinajstić information content (AvgIpc) is 3.23. The van der Waals surface area contributed by atoms with Crippen LogP contribution in [0.25, 0.3) is 0 Å². The summed E-state index contributed by atoms with van der Waals surface area (Å²) in [6, 6.07) is 20.6. The third-order valence-corrected chi connectivity index (χ3v) is 10.4. The lowest BCUT2D eigenvalue weighted by atomic mass is 9.81. The molecule has 294 valence electrons. The fraction of sp³-hybridized carbons (Fsp3) is 0.500. The summed E-state index contributed by atoms with van der Waals surface area (Å²) in [4.78, 5) is 20.3. The van der Waals surface area contributed by atoms with Crippen LogP contribution < -0.4 is 25.3 Å². The van der Waals surface area contributed by atoms with Crippen LogP contribution in [0, 0.1) is 11.6 Å². The molecule has 2 aromatic carbocycles. The maximum Gasteiger partial charge on any atom is 0.134 e. The highest BCUT2D eigenvalue weighted by Crippen LogP contribution is 2.34. The largest absolute Gasteiger partial charge is 0.380 e. The molecule has 3 atom stereocenters. The van der Waals surface area contributed by atoms with E-state index >= 15 is 0 Å². The molecule has 0 radical (unpaired) electrons. The molecule has 1 aliphatic carbocycles. The van der Waals surface area contributed by atoms with Crippen molar-refractivity contribution in [1.82, 2.24) is 15.0 Å². The van der Waals surface area contributed by atoms with Crippen molar-refractivity contribution in [3.05, 3.63) is 96.5 Å². The lowest BCUT2D eigenvalue weighted by molar-refractivity contribution is 0.122. The van der Waals surface area contributed by atoms with Gasteiger partial charge < -0.3 is 34.8 Å². The van der Waals surface area contributed by atoms with E-state index in [-0.39, 0.29) is 20.5 Å². The second-order valence-corrected chi connectivity index (χ2v) is 14.0. The zero-order chi connectivity index (χ0) is 37.5. The maximum atomic E-state index is 13.5. The van der Waals surface area contributed by atoms with Gasteiger partial charge in [0.25, 0.3) is 0 Å². The van der Waals surface area contributed by atoms with Crippen molar-refractivity contribution >= 4 is 28.8 Å². The Morgan fingerprint density at radius 3 is 2.09 bits per heavy atom. The van der Waals surface area contributed by atoms with Crippen LogP contribution in [0.1, 0.15) is 66.7 Å². The van der Waals surface area contributed by atoms with Gasteiger partial charge >= 0.3 is 0 Å². The van der Waals surface area contributed by atoms with E-state index in [0.717, 1.165) is 133 Å². The number of nitrogens with zero attached hydrogens (tertiary/aromatic N) is 6. The summed E-state index contributed by atoms with van der Waals surface area (Å²) in [6.07, 6.45) is 10.1. The molecule has 3 aliphatic heterocycles. The number of anilines is 5. The van der Waals surface area contributed by atoms with Gasteiger partial charge in [-0.05, 0) is 80.0 Å². The average molecular weight is 747 g/mol. The van der Waals surface area contributed by atoms with Gasteiger partial charge in [0.1, 0.15) is 35.4 Å². The first-order valence-electron chi connectivity index (χ1n) is 19.8. The highest BCUT2D eigenvalue weighted by molar-refractivity contribution is 5.55. The van der Waals surface area contributed by atoms with Crippen LogP contribution >= 0.6 is 0 Å². The second kappa shape index (κ2) is 20.2. The van der Waals surface area contributed by atoms with Crippen LogP contribution in [-0.4, -0.2) is 92.7 Å². The fourth-order valence-electron chi connectivity index (χ4n) is 7.70. The first-order valence-corrected chi connectivity index (χ1v) is 19.8. The molecular weight excluding hydrogens is 687 g/mol. The number of rotatable bonds is 8. The number of hydrogen-bond donors (Lipinski definition) is 2. The molecule has 5 heterocycles. The Morgan fingerprint density at radius 1 is 0.667 bits per heavy atom. The number of ether oxygens (including phenoxy) is 2. The molecule has 2 aromatic heterocycles. The van der Waals surface area contributed by atoms with Crippen LogP contribution in [0.15, 0.2) is 79.3 Å². The number of pyridine rings is 1. The second-order valence-electron chi connectivity index (χ2n) is 14.0. The quantitative estimate of drug-likeness (QED) is 0.184. The van der Waals surface area contributed by atoms with E-state index in [0.29, 0.717) is 12.0 Å². The lowest BCUT2D eigenvalue weighted by Crippen LogP contribution is -2.43. The van der Waals surface area contributed by atoms with Gasteiger partial charge in [0.05, 0.1) is 26.4 Å². The Kier molecular flexibility index (Phi) is 14.7. The van der Waals surface area contributed by atoms with Gasteiger partial charge in [-0.1, -0.05) is 38.5 Å². The molecular formula is C42H60F2N8O2. The minimum absolute atomic E-state index is 0. The summed E-state index contributed by atoms with van der Waals surface area (Å²) in [5.74, 6) is 2.90. The number of benzene rings is 2. The SMILES string of the molecule is CC.Fc1cccc(NC2CCCN(c3cc(N4CCOCC4)ncn3)C2)c1.Fc1cccc([C@H]2CCC[C@@H](Nc3cc(N4CCOCC4)ccn3)C2)c1.[HH].[HH]. The van der Waals surface area contributed by atoms with Crippen molar-refractivity contribution in [3.8, 4) is 0 Å². The molecule has 1 unspecified atom stereocenters. The predicted octanol–water partition coefficient (Wildman–Crippen LogP) is 8.25. The minimum Gasteiger partial charge on any atom is -0.380 e. The van der Waals surface area contributed by atoms with Gasteiger partial charge in [-0.2, -0.15) is 0 Å². The third kappa shape index (κ3) is 11.2. The van der Waals surface area contributed by atoms with E-state index in [4.69, 9.17) is 9.47 Å². The zero-order valence-corrected chi connectivity index (χ0v) is 31.8. The number of nitrogens with one attached hydrogen (secondary N) is 2. The molecule has 0 spiro atoms. The number of piperidine rings is 1. The smallest absolute Gasteiger partial charge is 0.134 e. The monoisotopic (exact) mass is 746 g/mol. The van der Waals surface area contributed by atoms with Crippen LogP contribution in [0.4, 0.5) is 37.6 Å². The van der Waals surface area contributed by atoms with Crippen molar-refractivity contribution in [2.45, 2.75) is 70.4 Å². The lowest BCUT2D eigenvalue weighted by Gasteiger charge is -2.35. The van der Waals surface area contributed by atoms with E-state index in [1.54, 1.807) is 24.5 Å². The third-order valence-electron chi connectivity index (χ3n) is 10.4. The van der Waals surface area contributed by atoms with Gasteiger partial charge in [0.15, 0.2) is 0 Å². The molecule has 2 N–H and O–H groups in total. The standard InChI is InChI=1S/C21H26FN3O.C19H24FN5O.C2H6.2H2/c22-18-5-1-3-16(13-18)17-4-2-6-19(14-17)24-21-15-20(7-8-23-21)25-9-11-26-12-10-25;20-15-3-1-4-16(11-15)23-17-5-2-6-25(13-17)19-12-18(21-14-22-19)24-7-9-26-10-8-24;1-2;;/h1,3,5,7-8,13,15,17,19H,2,4,6,9-12,14H2,(H,23,24);1,3-4,11-12,14,17,23H,2,5-10,13H2;1-2H3;2*1H/t17-,19+;;;;/m0..../s1. The molecule has 4 aromatic rings. The summed E-state index contributed by atoms with van der Waals surface area (Å²) < 4.78 is 37.8. The summed E-state index contributed by atoms with van der Waals surface area (Å²) in [5, 5.41) is 7.06.